The number of carbonyl (C=O) groups is 2. The van der Waals surface area contributed by atoms with Crippen LogP contribution in [0.25, 0.3) is 0 Å². The van der Waals surface area contributed by atoms with Crippen molar-refractivity contribution >= 4 is 28.3 Å². The number of nitrogens with one attached hydrogen (secondary N) is 2. The lowest BCUT2D eigenvalue weighted by molar-refractivity contribution is 0.0844. The molecular weight excluding hydrogens is 335 g/mol. The van der Waals surface area contributed by atoms with E-state index in [-0.39, 0.29) is 11.3 Å². The van der Waals surface area contributed by atoms with E-state index >= 15 is 0 Å². The Bertz CT molecular complexity index is 746. The maximum absolute atomic E-state index is 13.1. The summed E-state index contributed by atoms with van der Waals surface area (Å²) in [4.78, 5) is 30.2. The van der Waals surface area contributed by atoms with Gasteiger partial charge < -0.3 is 9.64 Å². The van der Waals surface area contributed by atoms with Crippen LogP contribution < -0.4 is 15.8 Å². The minimum Gasteiger partial charge on any atom is -0.378 e. The van der Waals surface area contributed by atoms with Crippen LogP contribution in [0, 0.1) is 5.82 Å². The van der Waals surface area contributed by atoms with Crippen LogP contribution in [-0.2, 0) is 4.74 Å². The highest BCUT2D eigenvalue weighted by atomic mass is 32.1. The maximum Gasteiger partial charge on any atom is 0.289 e. The molecule has 1 fully saturated rings. The number of hydrogen-bond acceptors (Lipinski definition) is 6. The Kier molecular flexibility index (Phi) is 5.02. The van der Waals surface area contributed by atoms with Crippen molar-refractivity contribution < 1.29 is 18.7 Å². The number of ether oxygens (including phenoxy) is 1. The lowest BCUT2D eigenvalue weighted by Crippen LogP contribution is -2.42. The summed E-state index contributed by atoms with van der Waals surface area (Å²) in [6.45, 7) is 2.71. The third-order valence-electron chi connectivity index (χ3n) is 3.38. The Labute approximate surface area is 141 Å². The predicted molar refractivity (Wildman–Crippen MR) is 86.5 cm³/mol. The van der Waals surface area contributed by atoms with Crippen molar-refractivity contribution in [2.24, 2.45) is 0 Å². The van der Waals surface area contributed by atoms with Crippen LogP contribution in [0.2, 0.25) is 0 Å². The molecule has 1 aliphatic rings. The Morgan fingerprint density at radius 3 is 2.71 bits per heavy atom. The first kappa shape index (κ1) is 16.3. The van der Waals surface area contributed by atoms with Crippen molar-refractivity contribution in [1.82, 2.24) is 15.8 Å². The van der Waals surface area contributed by atoms with Crippen molar-refractivity contribution in [1.29, 1.82) is 0 Å². The monoisotopic (exact) mass is 350 g/mol. The van der Waals surface area contributed by atoms with Gasteiger partial charge in [-0.25, -0.2) is 9.37 Å². The van der Waals surface area contributed by atoms with E-state index in [1.54, 1.807) is 5.38 Å². The van der Waals surface area contributed by atoms with Gasteiger partial charge in [0, 0.05) is 24.0 Å². The number of benzene rings is 1. The van der Waals surface area contributed by atoms with Crippen LogP contribution in [0.3, 0.4) is 0 Å². The van der Waals surface area contributed by atoms with E-state index in [1.807, 2.05) is 4.90 Å². The highest BCUT2D eigenvalue weighted by molar-refractivity contribution is 7.13. The van der Waals surface area contributed by atoms with E-state index < -0.39 is 17.6 Å². The number of aromatic nitrogens is 1. The van der Waals surface area contributed by atoms with Crippen molar-refractivity contribution in [3.63, 3.8) is 0 Å². The summed E-state index contributed by atoms with van der Waals surface area (Å²) in [6, 6.07) is 5.18. The van der Waals surface area contributed by atoms with Crippen molar-refractivity contribution in [3.05, 3.63) is 46.7 Å². The zero-order valence-corrected chi connectivity index (χ0v) is 13.4. The van der Waals surface area contributed by atoms with Gasteiger partial charge in [0.25, 0.3) is 11.8 Å². The van der Waals surface area contributed by atoms with Crippen molar-refractivity contribution in [2.45, 2.75) is 0 Å². The number of amides is 2. The molecule has 0 spiro atoms. The Morgan fingerprint density at radius 1 is 1.21 bits per heavy atom. The number of hydrazine groups is 1. The van der Waals surface area contributed by atoms with E-state index in [0.29, 0.717) is 13.2 Å². The second-order valence-electron chi connectivity index (χ2n) is 5.03. The minimum absolute atomic E-state index is 0.114. The number of nitrogens with zero attached hydrogens (tertiary/aromatic N) is 2. The molecule has 1 aliphatic heterocycles. The van der Waals surface area contributed by atoms with Gasteiger partial charge in [0.1, 0.15) is 11.5 Å². The average Bonchev–Trinajstić information content (AvgIpc) is 3.10. The summed E-state index contributed by atoms with van der Waals surface area (Å²) in [5.74, 6) is -1.66. The molecule has 2 aromatic rings. The Balaban J connectivity index is 1.57. The van der Waals surface area contributed by atoms with E-state index in [1.165, 1.54) is 29.5 Å². The van der Waals surface area contributed by atoms with Crippen molar-refractivity contribution in [3.8, 4) is 0 Å². The Morgan fingerprint density at radius 2 is 1.96 bits per heavy atom. The molecule has 9 heteroatoms. The average molecular weight is 350 g/mol. The van der Waals surface area contributed by atoms with Crippen LogP contribution in [0.15, 0.2) is 29.6 Å². The summed E-state index contributed by atoms with van der Waals surface area (Å²) in [7, 11) is 0. The van der Waals surface area contributed by atoms with Crippen LogP contribution >= 0.6 is 11.3 Å². The van der Waals surface area contributed by atoms with Gasteiger partial charge in [-0.1, -0.05) is 6.07 Å². The molecule has 126 valence electrons. The first-order valence-corrected chi connectivity index (χ1v) is 8.16. The largest absolute Gasteiger partial charge is 0.378 e. The predicted octanol–water partition coefficient (Wildman–Crippen LogP) is 1.19. The van der Waals surface area contributed by atoms with Gasteiger partial charge in [0.15, 0.2) is 5.13 Å². The zero-order valence-electron chi connectivity index (χ0n) is 12.6. The smallest absolute Gasteiger partial charge is 0.289 e. The summed E-state index contributed by atoms with van der Waals surface area (Å²) in [5, 5.41) is 2.36. The number of carbonyl (C=O) groups excluding carboxylic acids is 2. The van der Waals surface area contributed by atoms with E-state index in [9.17, 15) is 14.0 Å². The summed E-state index contributed by atoms with van der Waals surface area (Å²) < 4.78 is 18.4. The molecule has 7 nitrogen and oxygen atoms in total. The fourth-order valence-corrected chi connectivity index (χ4v) is 3.01. The molecule has 2 N–H and O–H groups in total. The molecule has 2 amide bonds. The molecule has 24 heavy (non-hydrogen) atoms. The molecule has 0 aliphatic carbocycles. The van der Waals surface area contributed by atoms with E-state index in [0.717, 1.165) is 24.3 Å². The van der Waals surface area contributed by atoms with Crippen LogP contribution in [0.1, 0.15) is 20.8 Å². The number of anilines is 1. The van der Waals surface area contributed by atoms with Crippen LogP contribution in [0.4, 0.5) is 9.52 Å². The topological polar surface area (TPSA) is 83.6 Å². The molecule has 0 atom stereocenters. The number of thiazole rings is 1. The van der Waals surface area contributed by atoms with E-state index in [2.05, 4.69) is 15.8 Å². The molecule has 0 bridgehead atoms. The summed E-state index contributed by atoms with van der Waals surface area (Å²) in [5.41, 5.74) is 4.83. The van der Waals surface area contributed by atoms with E-state index in [4.69, 9.17) is 4.74 Å². The quantitative estimate of drug-likeness (QED) is 0.813. The standard InChI is InChI=1S/C15H15FN4O3S/c16-11-3-1-2-10(8-11)13(21)18-19-14(22)12-9-24-15(17-12)20-4-6-23-7-5-20/h1-3,8-9H,4-7H2,(H,18,21)(H,19,22). The maximum atomic E-state index is 13.1. The fourth-order valence-electron chi connectivity index (χ4n) is 2.15. The van der Waals surface area contributed by atoms with Crippen LogP contribution in [0.5, 0.6) is 0 Å². The number of halogens is 1. The first-order valence-electron chi connectivity index (χ1n) is 7.28. The highest BCUT2D eigenvalue weighted by Crippen LogP contribution is 2.21. The lowest BCUT2D eigenvalue weighted by atomic mass is 10.2. The summed E-state index contributed by atoms with van der Waals surface area (Å²) >= 11 is 1.35. The SMILES string of the molecule is O=C(NNC(=O)c1csc(N2CCOCC2)n1)c1cccc(F)c1. The fraction of sp³-hybridized carbons (Fsp3) is 0.267. The molecule has 3 rings (SSSR count). The lowest BCUT2D eigenvalue weighted by Gasteiger charge is -2.25. The molecule has 0 saturated carbocycles. The highest BCUT2D eigenvalue weighted by Gasteiger charge is 2.18. The summed E-state index contributed by atoms with van der Waals surface area (Å²) in [6.07, 6.45) is 0. The molecule has 0 radical (unpaired) electrons. The Hall–Kier alpha value is -2.52. The molecule has 1 saturated heterocycles. The molecule has 0 unspecified atom stereocenters. The zero-order chi connectivity index (χ0) is 16.9. The molecule has 1 aromatic carbocycles. The minimum atomic E-state index is -0.605. The molecular formula is C15H15FN4O3S. The molecule has 2 heterocycles. The first-order chi connectivity index (χ1) is 11.6. The molecule has 1 aromatic heterocycles. The van der Waals surface area contributed by atoms with Gasteiger partial charge >= 0.3 is 0 Å². The normalized spacial score (nSPS) is 14.3. The van der Waals surface area contributed by atoms with Crippen LogP contribution in [-0.4, -0.2) is 43.1 Å². The number of rotatable bonds is 3. The van der Waals surface area contributed by atoms with Gasteiger partial charge in [-0.15, -0.1) is 11.3 Å². The second-order valence-corrected chi connectivity index (χ2v) is 5.87. The van der Waals surface area contributed by atoms with Gasteiger partial charge in [0.2, 0.25) is 0 Å². The number of hydrogen-bond donors (Lipinski definition) is 2. The third-order valence-corrected chi connectivity index (χ3v) is 4.28. The van der Waals surface area contributed by atoms with Gasteiger partial charge in [-0.05, 0) is 18.2 Å². The van der Waals surface area contributed by atoms with Crippen molar-refractivity contribution in [2.75, 3.05) is 31.2 Å². The number of morpholine rings is 1. The second kappa shape index (κ2) is 7.37. The van der Waals surface area contributed by atoms with Gasteiger partial charge in [-0.3, -0.25) is 20.4 Å². The van der Waals surface area contributed by atoms with Gasteiger partial charge in [0.05, 0.1) is 13.2 Å². The van der Waals surface area contributed by atoms with Gasteiger partial charge in [-0.2, -0.15) is 0 Å². The third kappa shape index (κ3) is 3.87.